The van der Waals surface area contributed by atoms with Crippen LogP contribution in [0.25, 0.3) is 5.95 Å². The van der Waals surface area contributed by atoms with Gasteiger partial charge < -0.3 is 5.32 Å². The van der Waals surface area contributed by atoms with Crippen LogP contribution in [0.1, 0.15) is 19.8 Å². The average molecular weight is 246 g/mol. The molecule has 0 amide bonds. The predicted octanol–water partition coefficient (Wildman–Crippen LogP) is 0.307. The van der Waals surface area contributed by atoms with E-state index in [0.717, 1.165) is 12.8 Å². The summed E-state index contributed by atoms with van der Waals surface area (Å²) in [6.07, 6.45) is 5.65. The van der Waals surface area contributed by atoms with Crippen LogP contribution in [-0.2, 0) is 0 Å². The predicted molar refractivity (Wildman–Crippen MR) is 66.0 cm³/mol. The van der Waals surface area contributed by atoms with Crippen LogP contribution in [0.2, 0.25) is 0 Å². The van der Waals surface area contributed by atoms with Crippen LogP contribution in [0, 0.1) is 0 Å². The molecule has 8 heteroatoms. The molecule has 94 valence electrons. The van der Waals surface area contributed by atoms with Crippen LogP contribution in [0.4, 0.5) is 11.9 Å². The van der Waals surface area contributed by atoms with Gasteiger partial charge >= 0.3 is 0 Å². The van der Waals surface area contributed by atoms with Gasteiger partial charge in [-0.05, 0) is 25.8 Å². The van der Waals surface area contributed by atoms with Crippen molar-refractivity contribution in [3.63, 3.8) is 0 Å². The molecule has 4 N–H and O–H groups in total. The molecule has 0 spiro atoms. The zero-order valence-electron chi connectivity index (χ0n) is 9.96. The van der Waals surface area contributed by atoms with E-state index in [4.69, 9.17) is 5.84 Å². The zero-order chi connectivity index (χ0) is 12.6. The Morgan fingerprint density at radius 2 is 2.06 bits per heavy atom. The summed E-state index contributed by atoms with van der Waals surface area (Å²) < 4.78 is 1.56. The summed E-state index contributed by atoms with van der Waals surface area (Å²) in [6, 6.07) is 1.80. The number of nitrogens with one attached hydrogen (secondary N) is 2. The van der Waals surface area contributed by atoms with Crippen molar-refractivity contribution in [2.24, 2.45) is 5.84 Å². The number of hydrogen-bond donors (Lipinski definition) is 3. The van der Waals surface area contributed by atoms with Gasteiger partial charge in [-0.25, -0.2) is 10.5 Å². The van der Waals surface area contributed by atoms with E-state index in [-0.39, 0.29) is 5.54 Å². The first-order valence-corrected chi connectivity index (χ1v) is 5.69. The smallest absolute Gasteiger partial charge is 0.257 e. The summed E-state index contributed by atoms with van der Waals surface area (Å²) in [5.74, 6) is 6.60. The van der Waals surface area contributed by atoms with E-state index in [1.165, 1.54) is 0 Å². The molecule has 8 nitrogen and oxygen atoms in total. The molecule has 0 unspecified atom stereocenters. The maximum atomic E-state index is 5.36. The summed E-state index contributed by atoms with van der Waals surface area (Å²) >= 11 is 0. The van der Waals surface area contributed by atoms with Crippen LogP contribution in [0.5, 0.6) is 0 Å². The third-order valence-corrected chi connectivity index (χ3v) is 2.88. The number of nitrogens with two attached hydrogens (primary N) is 1. The molecule has 0 atom stereocenters. The highest BCUT2D eigenvalue weighted by Crippen LogP contribution is 2.37. The first kappa shape index (κ1) is 10.9. The van der Waals surface area contributed by atoms with Crippen molar-refractivity contribution < 1.29 is 0 Å². The van der Waals surface area contributed by atoms with Crippen molar-refractivity contribution in [3.05, 3.63) is 18.5 Å². The third kappa shape index (κ3) is 2.09. The van der Waals surface area contributed by atoms with Crippen molar-refractivity contribution in [3.8, 4) is 5.95 Å². The number of hydrogen-bond acceptors (Lipinski definition) is 7. The Morgan fingerprint density at radius 3 is 2.67 bits per heavy atom. The van der Waals surface area contributed by atoms with E-state index < -0.39 is 0 Å². The number of nitrogens with zero attached hydrogens (tertiary/aromatic N) is 5. The molecule has 2 heterocycles. The second-order valence-electron chi connectivity index (χ2n) is 4.56. The largest absolute Gasteiger partial charge is 0.349 e. The first-order valence-electron chi connectivity index (χ1n) is 5.69. The molecule has 2 aromatic heterocycles. The van der Waals surface area contributed by atoms with E-state index in [1.807, 2.05) is 0 Å². The van der Waals surface area contributed by atoms with Gasteiger partial charge in [0.1, 0.15) is 0 Å². The topological polar surface area (TPSA) is 107 Å². The van der Waals surface area contributed by atoms with E-state index in [2.05, 4.69) is 37.7 Å². The summed E-state index contributed by atoms with van der Waals surface area (Å²) in [5.41, 5.74) is 2.52. The Bertz CT molecular complexity index is 545. The maximum Gasteiger partial charge on any atom is 0.257 e. The van der Waals surface area contributed by atoms with Crippen molar-refractivity contribution in [2.45, 2.75) is 25.3 Å². The Balaban J connectivity index is 1.96. The molecule has 18 heavy (non-hydrogen) atoms. The molecule has 2 aromatic rings. The molecule has 0 aromatic carbocycles. The van der Waals surface area contributed by atoms with Crippen molar-refractivity contribution in [1.82, 2.24) is 24.7 Å². The van der Waals surface area contributed by atoms with E-state index in [1.54, 1.807) is 23.1 Å². The molecule has 0 aliphatic heterocycles. The quantitative estimate of drug-likeness (QED) is 0.526. The Hall–Kier alpha value is -2.22. The van der Waals surface area contributed by atoms with Gasteiger partial charge in [-0.3, -0.25) is 5.43 Å². The fourth-order valence-corrected chi connectivity index (χ4v) is 1.56. The van der Waals surface area contributed by atoms with Gasteiger partial charge in [-0.15, -0.1) is 0 Å². The summed E-state index contributed by atoms with van der Waals surface area (Å²) in [6.45, 7) is 2.12. The fraction of sp³-hybridized carbons (Fsp3) is 0.400. The SMILES string of the molecule is CC1(Nc2nc(NN)nc(-n3cccn3)n2)CC1. The summed E-state index contributed by atoms with van der Waals surface area (Å²) in [7, 11) is 0. The highest BCUT2D eigenvalue weighted by atomic mass is 15.4. The van der Waals surface area contributed by atoms with E-state index in [9.17, 15) is 0 Å². The van der Waals surface area contributed by atoms with Crippen LogP contribution in [0.3, 0.4) is 0 Å². The van der Waals surface area contributed by atoms with Crippen LogP contribution < -0.4 is 16.6 Å². The molecule has 1 saturated carbocycles. The highest BCUT2D eigenvalue weighted by molar-refractivity contribution is 5.40. The molecule has 0 bridgehead atoms. The molecule has 1 fully saturated rings. The Morgan fingerprint density at radius 1 is 1.28 bits per heavy atom. The van der Waals surface area contributed by atoms with Crippen LogP contribution in [-0.4, -0.2) is 30.3 Å². The van der Waals surface area contributed by atoms with Crippen molar-refractivity contribution in [2.75, 3.05) is 10.7 Å². The molecule has 1 aliphatic carbocycles. The minimum Gasteiger partial charge on any atom is -0.349 e. The van der Waals surface area contributed by atoms with Crippen molar-refractivity contribution >= 4 is 11.9 Å². The Labute approximate surface area is 104 Å². The van der Waals surface area contributed by atoms with Crippen LogP contribution in [0.15, 0.2) is 18.5 Å². The van der Waals surface area contributed by atoms with E-state index in [0.29, 0.717) is 17.8 Å². The van der Waals surface area contributed by atoms with Gasteiger partial charge in [-0.2, -0.15) is 20.1 Å². The maximum absolute atomic E-state index is 5.36. The molecular formula is C10H14N8. The lowest BCUT2D eigenvalue weighted by atomic mass is 10.3. The molecule has 1 aliphatic rings. The molecule has 0 radical (unpaired) electrons. The second kappa shape index (κ2) is 3.91. The van der Waals surface area contributed by atoms with Gasteiger partial charge in [0.25, 0.3) is 5.95 Å². The third-order valence-electron chi connectivity index (χ3n) is 2.88. The molecule has 3 rings (SSSR count). The van der Waals surface area contributed by atoms with Gasteiger partial charge in [-0.1, -0.05) is 0 Å². The number of rotatable bonds is 4. The van der Waals surface area contributed by atoms with Gasteiger partial charge in [0.15, 0.2) is 0 Å². The van der Waals surface area contributed by atoms with Crippen molar-refractivity contribution in [1.29, 1.82) is 0 Å². The lowest BCUT2D eigenvalue weighted by Crippen LogP contribution is -2.21. The van der Waals surface area contributed by atoms with Gasteiger partial charge in [0.05, 0.1) is 0 Å². The first-order chi connectivity index (χ1) is 8.68. The lowest BCUT2D eigenvalue weighted by Gasteiger charge is -2.12. The number of anilines is 2. The van der Waals surface area contributed by atoms with Gasteiger partial charge in [0, 0.05) is 17.9 Å². The summed E-state index contributed by atoms with van der Waals surface area (Å²) in [4.78, 5) is 12.6. The number of hydrazine groups is 1. The number of aromatic nitrogens is 5. The normalized spacial score (nSPS) is 16.3. The standard InChI is InChI=1S/C10H14N8/c1-10(3-4-10)16-7-13-8(17-11)15-9(14-7)18-6-2-5-12-18/h2,5-6H,3-4,11H2,1H3,(H2,13,14,15,16,17). The average Bonchev–Trinajstić information content (AvgIpc) is 2.89. The fourth-order valence-electron chi connectivity index (χ4n) is 1.56. The summed E-state index contributed by atoms with van der Waals surface area (Å²) in [5, 5.41) is 7.35. The highest BCUT2D eigenvalue weighted by Gasteiger charge is 2.38. The number of nitrogen functional groups attached to an aromatic ring is 1. The minimum absolute atomic E-state index is 0.0919. The van der Waals surface area contributed by atoms with E-state index >= 15 is 0 Å². The molecule has 0 saturated heterocycles. The second-order valence-corrected chi connectivity index (χ2v) is 4.56. The zero-order valence-corrected chi connectivity index (χ0v) is 9.96. The lowest BCUT2D eigenvalue weighted by molar-refractivity contribution is 0.770. The monoisotopic (exact) mass is 246 g/mol. The van der Waals surface area contributed by atoms with Crippen LogP contribution >= 0.6 is 0 Å². The minimum atomic E-state index is 0.0919. The Kier molecular flexibility index (Phi) is 2.37. The molecular weight excluding hydrogens is 232 g/mol. The van der Waals surface area contributed by atoms with Gasteiger partial charge in [0.2, 0.25) is 11.9 Å².